The number of hydrogen-bond donors (Lipinski definition) is 2. The molecule has 0 amide bonds. The molecule has 0 spiro atoms. The molecule has 1 heterocycles. The average Bonchev–Trinajstić information content (AvgIpc) is 2.83. The first-order valence-corrected chi connectivity index (χ1v) is 8.56. The number of aryl methyl sites for hydroxylation is 1. The smallest absolute Gasteiger partial charge is 0.244 e. The summed E-state index contributed by atoms with van der Waals surface area (Å²) in [5, 5.41) is 7.33. The second-order valence-electron chi connectivity index (χ2n) is 5.49. The lowest BCUT2D eigenvalue weighted by Gasteiger charge is -2.23. The normalized spacial score (nSPS) is 12.8. The van der Waals surface area contributed by atoms with E-state index in [2.05, 4.69) is 22.1 Å². The van der Waals surface area contributed by atoms with Crippen LogP contribution in [0, 0.1) is 0 Å². The Labute approximate surface area is 122 Å². The number of sulfonamides is 1. The first kappa shape index (κ1) is 17.1. The summed E-state index contributed by atoms with van der Waals surface area (Å²) in [6.45, 7) is 10.3. The maximum absolute atomic E-state index is 12.2. The van der Waals surface area contributed by atoms with Gasteiger partial charge in [0.2, 0.25) is 10.0 Å². The van der Waals surface area contributed by atoms with E-state index in [1.54, 1.807) is 10.9 Å². The molecule has 0 aliphatic heterocycles. The standard InChI is InChI=1S/C13H26N4O2S/c1-5-13(3,4)16-20(18,19)12-10-15-17(11-12)9-7-8-14-6-2/h10-11,14,16H,5-9H2,1-4H3. The van der Waals surface area contributed by atoms with E-state index < -0.39 is 15.6 Å². The summed E-state index contributed by atoms with van der Waals surface area (Å²) in [4.78, 5) is 0.225. The third-order valence-electron chi connectivity index (χ3n) is 3.21. The molecule has 1 rings (SSSR count). The van der Waals surface area contributed by atoms with Crippen LogP contribution in [0.15, 0.2) is 17.3 Å². The number of rotatable bonds is 9. The van der Waals surface area contributed by atoms with Gasteiger partial charge in [-0.1, -0.05) is 13.8 Å². The van der Waals surface area contributed by atoms with Gasteiger partial charge in [-0.15, -0.1) is 0 Å². The molecule has 7 heteroatoms. The van der Waals surface area contributed by atoms with E-state index in [4.69, 9.17) is 0 Å². The summed E-state index contributed by atoms with van der Waals surface area (Å²) < 4.78 is 28.8. The Morgan fingerprint density at radius 2 is 2.05 bits per heavy atom. The Morgan fingerprint density at radius 3 is 2.65 bits per heavy atom. The van der Waals surface area contributed by atoms with E-state index in [9.17, 15) is 8.42 Å². The lowest BCUT2D eigenvalue weighted by molar-refractivity contribution is 0.439. The van der Waals surface area contributed by atoms with E-state index >= 15 is 0 Å². The minimum atomic E-state index is -3.49. The molecule has 20 heavy (non-hydrogen) atoms. The minimum Gasteiger partial charge on any atom is -0.317 e. The van der Waals surface area contributed by atoms with Crippen molar-refractivity contribution < 1.29 is 8.42 Å². The fraction of sp³-hybridized carbons (Fsp3) is 0.769. The van der Waals surface area contributed by atoms with Crippen molar-refractivity contribution in [3.8, 4) is 0 Å². The van der Waals surface area contributed by atoms with Gasteiger partial charge in [0.05, 0.1) is 6.20 Å². The van der Waals surface area contributed by atoms with Crippen LogP contribution in [-0.4, -0.2) is 36.8 Å². The zero-order valence-electron chi connectivity index (χ0n) is 12.8. The zero-order valence-corrected chi connectivity index (χ0v) is 13.6. The zero-order chi connectivity index (χ0) is 15.2. The van der Waals surface area contributed by atoms with Gasteiger partial charge in [-0.05, 0) is 39.8 Å². The molecule has 0 radical (unpaired) electrons. The van der Waals surface area contributed by atoms with Gasteiger partial charge in [-0.25, -0.2) is 13.1 Å². The van der Waals surface area contributed by atoms with Gasteiger partial charge in [-0.3, -0.25) is 4.68 Å². The Kier molecular flexibility index (Phi) is 6.16. The van der Waals surface area contributed by atoms with E-state index in [1.165, 1.54) is 6.20 Å². The van der Waals surface area contributed by atoms with Crippen LogP contribution >= 0.6 is 0 Å². The van der Waals surface area contributed by atoms with Crippen LogP contribution in [0.2, 0.25) is 0 Å². The topological polar surface area (TPSA) is 76.0 Å². The molecule has 1 aromatic heterocycles. The van der Waals surface area contributed by atoms with Crippen molar-refractivity contribution in [3.63, 3.8) is 0 Å². The van der Waals surface area contributed by atoms with Crippen molar-refractivity contribution in [2.45, 2.75) is 57.5 Å². The first-order valence-electron chi connectivity index (χ1n) is 7.08. The highest BCUT2D eigenvalue weighted by molar-refractivity contribution is 7.89. The summed E-state index contributed by atoms with van der Waals surface area (Å²) in [5.41, 5.74) is -0.452. The van der Waals surface area contributed by atoms with Crippen LogP contribution in [-0.2, 0) is 16.6 Å². The van der Waals surface area contributed by atoms with Gasteiger partial charge in [-0.2, -0.15) is 5.10 Å². The van der Waals surface area contributed by atoms with E-state index in [1.807, 2.05) is 20.8 Å². The van der Waals surface area contributed by atoms with Crippen molar-refractivity contribution in [1.82, 2.24) is 19.8 Å². The van der Waals surface area contributed by atoms with Gasteiger partial charge in [0, 0.05) is 18.3 Å². The third-order valence-corrected chi connectivity index (χ3v) is 4.86. The van der Waals surface area contributed by atoms with Crippen LogP contribution < -0.4 is 10.0 Å². The van der Waals surface area contributed by atoms with Gasteiger partial charge in [0.1, 0.15) is 4.90 Å². The summed E-state index contributed by atoms with van der Waals surface area (Å²) in [6, 6.07) is 0. The van der Waals surface area contributed by atoms with Crippen molar-refractivity contribution in [2.75, 3.05) is 13.1 Å². The molecule has 1 aromatic rings. The second kappa shape index (κ2) is 7.19. The third kappa shape index (κ3) is 5.22. The summed E-state index contributed by atoms with van der Waals surface area (Å²) in [5.74, 6) is 0. The van der Waals surface area contributed by atoms with E-state index in [-0.39, 0.29) is 4.90 Å². The van der Waals surface area contributed by atoms with Crippen molar-refractivity contribution in [2.24, 2.45) is 0 Å². The molecular weight excluding hydrogens is 276 g/mol. The number of hydrogen-bond acceptors (Lipinski definition) is 4. The Balaban J connectivity index is 2.66. The van der Waals surface area contributed by atoms with Gasteiger partial charge < -0.3 is 5.32 Å². The molecule has 116 valence electrons. The predicted molar refractivity (Wildman–Crippen MR) is 80.1 cm³/mol. The minimum absolute atomic E-state index is 0.225. The van der Waals surface area contributed by atoms with Gasteiger partial charge in [0.15, 0.2) is 0 Å². The molecule has 6 nitrogen and oxygen atoms in total. The van der Waals surface area contributed by atoms with Crippen molar-refractivity contribution in [3.05, 3.63) is 12.4 Å². The Hall–Kier alpha value is -0.920. The van der Waals surface area contributed by atoms with Gasteiger partial charge in [0.25, 0.3) is 0 Å². The molecule has 0 saturated carbocycles. The molecule has 0 saturated heterocycles. The molecule has 0 unspecified atom stereocenters. The lowest BCUT2D eigenvalue weighted by Crippen LogP contribution is -2.42. The Bertz CT molecular complexity index is 508. The number of aromatic nitrogens is 2. The molecule has 0 aliphatic carbocycles. The largest absolute Gasteiger partial charge is 0.317 e. The quantitative estimate of drug-likeness (QED) is 0.675. The molecule has 0 fully saturated rings. The number of nitrogens with zero attached hydrogens (tertiary/aromatic N) is 2. The highest BCUT2D eigenvalue weighted by atomic mass is 32.2. The van der Waals surface area contributed by atoms with E-state index in [0.717, 1.165) is 25.9 Å². The molecule has 0 atom stereocenters. The van der Waals surface area contributed by atoms with Crippen LogP contribution in [0.3, 0.4) is 0 Å². The first-order chi connectivity index (χ1) is 9.30. The molecule has 2 N–H and O–H groups in total. The maximum Gasteiger partial charge on any atom is 0.244 e. The summed E-state index contributed by atoms with van der Waals surface area (Å²) in [6.07, 6.45) is 4.63. The molecule has 0 bridgehead atoms. The number of nitrogens with one attached hydrogen (secondary N) is 2. The van der Waals surface area contributed by atoms with Gasteiger partial charge >= 0.3 is 0 Å². The van der Waals surface area contributed by atoms with Crippen molar-refractivity contribution >= 4 is 10.0 Å². The van der Waals surface area contributed by atoms with Crippen LogP contribution in [0.4, 0.5) is 0 Å². The highest BCUT2D eigenvalue weighted by Crippen LogP contribution is 2.14. The average molecular weight is 302 g/mol. The molecule has 0 aromatic carbocycles. The monoisotopic (exact) mass is 302 g/mol. The van der Waals surface area contributed by atoms with Crippen LogP contribution in [0.25, 0.3) is 0 Å². The van der Waals surface area contributed by atoms with Crippen LogP contribution in [0.5, 0.6) is 0 Å². The Morgan fingerprint density at radius 1 is 1.35 bits per heavy atom. The maximum atomic E-state index is 12.2. The van der Waals surface area contributed by atoms with Crippen molar-refractivity contribution in [1.29, 1.82) is 0 Å². The summed E-state index contributed by atoms with van der Waals surface area (Å²) in [7, 11) is -3.49. The fourth-order valence-corrected chi connectivity index (χ4v) is 3.08. The molecule has 0 aliphatic rings. The highest BCUT2D eigenvalue weighted by Gasteiger charge is 2.25. The van der Waals surface area contributed by atoms with E-state index in [0.29, 0.717) is 6.54 Å². The predicted octanol–water partition coefficient (Wildman–Crippen LogP) is 1.35. The molecular formula is C13H26N4O2S. The fourth-order valence-electron chi connectivity index (χ4n) is 1.64. The van der Waals surface area contributed by atoms with Crippen LogP contribution in [0.1, 0.15) is 40.5 Å². The SMILES string of the molecule is CCNCCCn1cc(S(=O)(=O)NC(C)(C)CC)cn1. The summed E-state index contributed by atoms with van der Waals surface area (Å²) >= 11 is 0. The second-order valence-corrected chi connectivity index (χ2v) is 7.17. The lowest BCUT2D eigenvalue weighted by atomic mass is 10.0.